The SMILES string of the molecule is CCC(CC)N(CC(C)C)C(=O)C(C)CNC. The Kier molecular flexibility index (Phi) is 8.23. The third kappa shape index (κ3) is 5.53. The van der Waals surface area contributed by atoms with Gasteiger partial charge in [0, 0.05) is 25.0 Å². The summed E-state index contributed by atoms with van der Waals surface area (Å²) in [5.41, 5.74) is 0. The molecule has 17 heavy (non-hydrogen) atoms. The first-order valence-corrected chi connectivity index (χ1v) is 6.92. The zero-order valence-corrected chi connectivity index (χ0v) is 12.4. The van der Waals surface area contributed by atoms with E-state index in [1.165, 1.54) is 0 Å². The molecule has 1 amide bonds. The molecule has 0 radical (unpaired) electrons. The van der Waals surface area contributed by atoms with Gasteiger partial charge in [-0.2, -0.15) is 0 Å². The molecule has 0 aromatic carbocycles. The topological polar surface area (TPSA) is 32.3 Å². The van der Waals surface area contributed by atoms with Crippen LogP contribution in [0.1, 0.15) is 47.5 Å². The molecule has 0 saturated carbocycles. The van der Waals surface area contributed by atoms with Crippen LogP contribution >= 0.6 is 0 Å². The first-order valence-electron chi connectivity index (χ1n) is 6.92. The van der Waals surface area contributed by atoms with E-state index in [9.17, 15) is 4.79 Å². The lowest BCUT2D eigenvalue weighted by atomic mass is 10.0. The van der Waals surface area contributed by atoms with Gasteiger partial charge in [-0.3, -0.25) is 4.79 Å². The maximum absolute atomic E-state index is 12.4. The average Bonchev–Trinajstić information content (AvgIpc) is 2.28. The maximum Gasteiger partial charge on any atom is 0.226 e. The molecule has 0 aliphatic carbocycles. The van der Waals surface area contributed by atoms with Gasteiger partial charge in [-0.1, -0.05) is 34.6 Å². The minimum atomic E-state index is 0.0688. The lowest BCUT2D eigenvalue weighted by molar-refractivity contribution is -0.138. The number of amides is 1. The lowest BCUT2D eigenvalue weighted by Crippen LogP contribution is -2.46. The largest absolute Gasteiger partial charge is 0.339 e. The number of carbonyl (C=O) groups is 1. The molecule has 0 bridgehead atoms. The van der Waals surface area contributed by atoms with Crippen molar-refractivity contribution >= 4 is 5.91 Å². The van der Waals surface area contributed by atoms with Crippen molar-refractivity contribution in [1.82, 2.24) is 10.2 Å². The highest BCUT2D eigenvalue weighted by Crippen LogP contribution is 2.15. The van der Waals surface area contributed by atoms with E-state index < -0.39 is 0 Å². The van der Waals surface area contributed by atoms with Crippen molar-refractivity contribution < 1.29 is 4.79 Å². The molecule has 0 aromatic rings. The van der Waals surface area contributed by atoms with Crippen LogP contribution in [-0.4, -0.2) is 37.0 Å². The van der Waals surface area contributed by atoms with Crippen molar-refractivity contribution in [1.29, 1.82) is 0 Å². The summed E-state index contributed by atoms with van der Waals surface area (Å²) in [7, 11) is 1.90. The number of nitrogens with one attached hydrogen (secondary N) is 1. The predicted octanol–water partition coefficient (Wildman–Crippen LogP) is 2.52. The van der Waals surface area contributed by atoms with E-state index in [1.54, 1.807) is 0 Å². The molecule has 0 aliphatic heterocycles. The van der Waals surface area contributed by atoms with E-state index in [-0.39, 0.29) is 5.92 Å². The summed E-state index contributed by atoms with van der Waals surface area (Å²) >= 11 is 0. The summed E-state index contributed by atoms with van der Waals surface area (Å²) in [6.07, 6.45) is 2.09. The molecule has 0 rings (SSSR count). The predicted molar refractivity (Wildman–Crippen MR) is 74.0 cm³/mol. The molecule has 1 unspecified atom stereocenters. The summed E-state index contributed by atoms with van der Waals surface area (Å²) in [4.78, 5) is 14.5. The Hall–Kier alpha value is -0.570. The van der Waals surface area contributed by atoms with Gasteiger partial charge in [-0.15, -0.1) is 0 Å². The molecule has 102 valence electrons. The Bertz CT molecular complexity index is 212. The molecule has 0 fully saturated rings. The van der Waals surface area contributed by atoms with Crippen molar-refractivity contribution in [2.75, 3.05) is 20.1 Å². The van der Waals surface area contributed by atoms with Gasteiger partial charge in [0.1, 0.15) is 0 Å². The normalized spacial score (nSPS) is 13.2. The standard InChI is InChI=1S/C14H30N2O/c1-7-13(8-2)16(10-11(3)4)14(17)12(5)9-15-6/h11-13,15H,7-10H2,1-6H3. The van der Waals surface area contributed by atoms with Crippen LogP contribution in [0.2, 0.25) is 0 Å². The van der Waals surface area contributed by atoms with E-state index in [2.05, 4.69) is 37.9 Å². The minimum absolute atomic E-state index is 0.0688. The molecular formula is C14H30N2O. The van der Waals surface area contributed by atoms with Crippen LogP contribution in [0.3, 0.4) is 0 Å². The van der Waals surface area contributed by atoms with Crippen LogP contribution in [0.4, 0.5) is 0 Å². The van der Waals surface area contributed by atoms with Crippen molar-refractivity contribution in [2.45, 2.75) is 53.5 Å². The number of nitrogens with zero attached hydrogens (tertiary/aromatic N) is 1. The van der Waals surface area contributed by atoms with E-state index in [1.807, 2.05) is 14.0 Å². The van der Waals surface area contributed by atoms with Gasteiger partial charge in [0.2, 0.25) is 5.91 Å². The van der Waals surface area contributed by atoms with Crippen molar-refractivity contribution in [3.05, 3.63) is 0 Å². The van der Waals surface area contributed by atoms with Gasteiger partial charge in [-0.25, -0.2) is 0 Å². The molecule has 0 saturated heterocycles. The zero-order chi connectivity index (χ0) is 13.4. The van der Waals surface area contributed by atoms with Crippen LogP contribution in [0.5, 0.6) is 0 Å². The Balaban J connectivity index is 4.71. The monoisotopic (exact) mass is 242 g/mol. The molecule has 1 atom stereocenters. The quantitative estimate of drug-likeness (QED) is 0.709. The highest BCUT2D eigenvalue weighted by Gasteiger charge is 2.25. The van der Waals surface area contributed by atoms with E-state index in [0.717, 1.165) is 25.9 Å². The third-order valence-electron chi connectivity index (χ3n) is 3.16. The fraction of sp³-hybridized carbons (Fsp3) is 0.929. The number of hydrogen-bond acceptors (Lipinski definition) is 2. The molecule has 0 aliphatic rings. The number of carbonyl (C=O) groups excluding carboxylic acids is 1. The summed E-state index contributed by atoms with van der Waals surface area (Å²) < 4.78 is 0. The van der Waals surface area contributed by atoms with Crippen LogP contribution in [-0.2, 0) is 4.79 Å². The first kappa shape index (κ1) is 16.4. The van der Waals surface area contributed by atoms with Gasteiger partial charge < -0.3 is 10.2 Å². The van der Waals surface area contributed by atoms with E-state index in [4.69, 9.17) is 0 Å². The zero-order valence-electron chi connectivity index (χ0n) is 12.4. The van der Waals surface area contributed by atoms with Crippen molar-refractivity contribution in [3.63, 3.8) is 0 Å². The summed E-state index contributed by atoms with van der Waals surface area (Å²) in [6.45, 7) is 12.3. The Morgan fingerprint density at radius 1 is 1.18 bits per heavy atom. The second-order valence-electron chi connectivity index (χ2n) is 5.31. The molecule has 1 N–H and O–H groups in total. The lowest BCUT2D eigenvalue weighted by Gasteiger charge is -2.34. The Morgan fingerprint density at radius 2 is 1.71 bits per heavy atom. The summed E-state index contributed by atoms with van der Waals surface area (Å²) in [6, 6.07) is 0.393. The van der Waals surface area contributed by atoms with Crippen LogP contribution in [0, 0.1) is 11.8 Å². The highest BCUT2D eigenvalue weighted by atomic mass is 16.2. The third-order valence-corrected chi connectivity index (χ3v) is 3.16. The van der Waals surface area contributed by atoms with Crippen molar-refractivity contribution in [3.8, 4) is 0 Å². The highest BCUT2D eigenvalue weighted by molar-refractivity contribution is 5.79. The van der Waals surface area contributed by atoms with Gasteiger partial charge in [0.25, 0.3) is 0 Å². The average molecular weight is 242 g/mol. The molecule has 0 spiro atoms. The Morgan fingerprint density at radius 3 is 2.06 bits per heavy atom. The molecule has 3 nitrogen and oxygen atoms in total. The summed E-state index contributed by atoms with van der Waals surface area (Å²) in [5.74, 6) is 0.891. The molecule has 0 heterocycles. The second-order valence-corrected chi connectivity index (χ2v) is 5.31. The molecular weight excluding hydrogens is 212 g/mol. The van der Waals surface area contributed by atoms with Gasteiger partial charge in [0.15, 0.2) is 0 Å². The number of hydrogen-bond donors (Lipinski definition) is 1. The van der Waals surface area contributed by atoms with Gasteiger partial charge in [0.05, 0.1) is 0 Å². The summed E-state index contributed by atoms with van der Waals surface area (Å²) in [5, 5.41) is 3.08. The maximum atomic E-state index is 12.4. The fourth-order valence-corrected chi connectivity index (χ4v) is 2.22. The molecule has 0 aromatic heterocycles. The van der Waals surface area contributed by atoms with E-state index >= 15 is 0 Å². The van der Waals surface area contributed by atoms with Crippen LogP contribution in [0.25, 0.3) is 0 Å². The number of rotatable bonds is 8. The van der Waals surface area contributed by atoms with Crippen molar-refractivity contribution in [2.24, 2.45) is 11.8 Å². The van der Waals surface area contributed by atoms with Gasteiger partial charge >= 0.3 is 0 Å². The van der Waals surface area contributed by atoms with Gasteiger partial charge in [-0.05, 0) is 25.8 Å². The Labute approximate surface area is 107 Å². The second kappa shape index (κ2) is 8.51. The minimum Gasteiger partial charge on any atom is -0.339 e. The smallest absolute Gasteiger partial charge is 0.226 e. The van der Waals surface area contributed by atoms with Crippen LogP contribution < -0.4 is 5.32 Å². The van der Waals surface area contributed by atoms with E-state index in [0.29, 0.717) is 17.9 Å². The fourth-order valence-electron chi connectivity index (χ4n) is 2.22. The van der Waals surface area contributed by atoms with Crippen LogP contribution in [0.15, 0.2) is 0 Å². The molecule has 3 heteroatoms. The first-order chi connectivity index (χ1) is 7.97.